The van der Waals surface area contributed by atoms with Crippen LogP contribution in [-0.2, 0) is 0 Å². The molecule has 1 unspecified atom stereocenters. The molecule has 0 aromatic heterocycles. The summed E-state index contributed by atoms with van der Waals surface area (Å²) in [4.78, 5) is 0. The molecule has 0 fully saturated rings. The summed E-state index contributed by atoms with van der Waals surface area (Å²) < 4.78 is 0. The number of unbranched alkanes of at least 4 members (excludes halogenated alkanes) is 1. The zero-order chi connectivity index (χ0) is 10.3. The quantitative estimate of drug-likeness (QED) is 0.525. The summed E-state index contributed by atoms with van der Waals surface area (Å²) in [5, 5.41) is 0. The highest BCUT2D eigenvalue weighted by molar-refractivity contribution is 5.12. The van der Waals surface area contributed by atoms with Gasteiger partial charge in [0.2, 0.25) is 0 Å². The zero-order valence-corrected chi connectivity index (χ0v) is 9.64. The lowest BCUT2D eigenvalue weighted by molar-refractivity contribution is 0.422. The molecular formula is C13H24. The van der Waals surface area contributed by atoms with Crippen LogP contribution in [0.4, 0.5) is 0 Å². The number of hydrogen-bond acceptors (Lipinski definition) is 0. The second-order valence-electron chi connectivity index (χ2n) is 4.26. The van der Waals surface area contributed by atoms with Gasteiger partial charge in [0.15, 0.2) is 0 Å². The summed E-state index contributed by atoms with van der Waals surface area (Å²) in [6.07, 6.45) is 8.43. The minimum absolute atomic E-state index is 0.733. The van der Waals surface area contributed by atoms with Gasteiger partial charge in [0, 0.05) is 0 Å². The Morgan fingerprint density at radius 1 is 1.38 bits per heavy atom. The van der Waals surface area contributed by atoms with Crippen molar-refractivity contribution in [2.75, 3.05) is 0 Å². The molecule has 0 saturated carbocycles. The Labute approximate surface area is 83.7 Å². The lowest BCUT2D eigenvalue weighted by Gasteiger charge is -2.16. The maximum Gasteiger partial charge on any atom is -0.0207 e. The maximum atomic E-state index is 3.88. The van der Waals surface area contributed by atoms with Gasteiger partial charge < -0.3 is 0 Å². The summed E-state index contributed by atoms with van der Waals surface area (Å²) in [6.45, 7) is 12.8. The third-order valence-electron chi connectivity index (χ3n) is 2.38. The minimum atomic E-state index is 0.733. The highest BCUT2D eigenvalue weighted by Crippen LogP contribution is 2.19. The molecule has 0 heteroatoms. The van der Waals surface area contributed by atoms with Gasteiger partial charge in [-0.15, -0.1) is 0 Å². The average molecular weight is 180 g/mol. The van der Waals surface area contributed by atoms with Gasteiger partial charge in [-0.05, 0) is 25.2 Å². The van der Waals surface area contributed by atoms with E-state index in [0.717, 1.165) is 17.4 Å². The highest BCUT2D eigenvalue weighted by atomic mass is 14.1. The Morgan fingerprint density at radius 2 is 2.00 bits per heavy atom. The van der Waals surface area contributed by atoms with E-state index in [9.17, 15) is 0 Å². The van der Waals surface area contributed by atoms with Crippen molar-refractivity contribution in [2.45, 2.75) is 47.0 Å². The first-order valence-corrected chi connectivity index (χ1v) is 5.41. The number of hydrogen-bond donors (Lipinski definition) is 0. The summed E-state index contributed by atoms with van der Waals surface area (Å²) in [6, 6.07) is 0. The molecule has 0 heterocycles. The molecule has 0 aromatic carbocycles. The largest absolute Gasteiger partial charge is 0.0961 e. The van der Waals surface area contributed by atoms with Gasteiger partial charge in [-0.3, -0.25) is 0 Å². The van der Waals surface area contributed by atoms with Crippen molar-refractivity contribution in [3.63, 3.8) is 0 Å². The molecule has 0 aliphatic rings. The predicted octanol–water partition coefficient (Wildman–Crippen LogP) is 4.58. The predicted molar refractivity (Wildman–Crippen MR) is 61.8 cm³/mol. The van der Waals surface area contributed by atoms with Gasteiger partial charge >= 0.3 is 0 Å². The van der Waals surface area contributed by atoms with E-state index >= 15 is 0 Å². The first-order valence-electron chi connectivity index (χ1n) is 5.41. The van der Waals surface area contributed by atoms with E-state index in [4.69, 9.17) is 0 Å². The Bertz CT molecular complexity index is 163. The lowest BCUT2D eigenvalue weighted by atomic mass is 9.90. The average Bonchev–Trinajstić information content (AvgIpc) is 2.03. The van der Waals surface area contributed by atoms with Crippen LogP contribution in [0.25, 0.3) is 0 Å². The maximum absolute atomic E-state index is 3.88. The van der Waals surface area contributed by atoms with E-state index in [2.05, 4.69) is 39.5 Å². The van der Waals surface area contributed by atoms with Gasteiger partial charge in [0.25, 0.3) is 0 Å². The normalized spacial score (nSPS) is 13.9. The van der Waals surface area contributed by atoms with Crippen LogP contribution < -0.4 is 0 Å². The number of rotatable bonds is 6. The van der Waals surface area contributed by atoms with Gasteiger partial charge in [0.05, 0.1) is 0 Å². The molecule has 0 aliphatic heterocycles. The highest BCUT2D eigenvalue weighted by Gasteiger charge is 2.08. The van der Waals surface area contributed by atoms with Gasteiger partial charge in [-0.2, -0.15) is 0 Å². The topological polar surface area (TPSA) is 0 Å². The SMILES string of the molecule is C=C(C)/C=C/C(CCCC)C(C)C. The molecule has 0 aromatic rings. The lowest BCUT2D eigenvalue weighted by Crippen LogP contribution is -2.05. The molecular weight excluding hydrogens is 156 g/mol. The Morgan fingerprint density at radius 3 is 2.38 bits per heavy atom. The van der Waals surface area contributed by atoms with Crippen LogP contribution >= 0.6 is 0 Å². The fourth-order valence-electron chi connectivity index (χ4n) is 1.38. The molecule has 0 amide bonds. The van der Waals surface area contributed by atoms with E-state index in [-0.39, 0.29) is 0 Å². The summed E-state index contributed by atoms with van der Waals surface area (Å²) >= 11 is 0. The van der Waals surface area contributed by atoms with Crippen LogP contribution in [0, 0.1) is 11.8 Å². The second-order valence-corrected chi connectivity index (χ2v) is 4.26. The smallest absolute Gasteiger partial charge is 0.0207 e. The van der Waals surface area contributed by atoms with Crippen LogP contribution in [0.5, 0.6) is 0 Å². The molecule has 0 spiro atoms. The Balaban J connectivity index is 4.01. The van der Waals surface area contributed by atoms with Gasteiger partial charge in [-0.25, -0.2) is 0 Å². The fraction of sp³-hybridized carbons (Fsp3) is 0.692. The van der Waals surface area contributed by atoms with E-state index in [1.165, 1.54) is 19.3 Å². The van der Waals surface area contributed by atoms with E-state index < -0.39 is 0 Å². The summed E-state index contributed by atoms with van der Waals surface area (Å²) in [7, 11) is 0. The van der Waals surface area contributed by atoms with Crippen molar-refractivity contribution in [3.05, 3.63) is 24.3 Å². The first kappa shape index (κ1) is 12.5. The molecule has 13 heavy (non-hydrogen) atoms. The van der Waals surface area contributed by atoms with Crippen LogP contribution in [0.1, 0.15) is 47.0 Å². The third kappa shape index (κ3) is 6.62. The fourth-order valence-corrected chi connectivity index (χ4v) is 1.38. The van der Waals surface area contributed by atoms with Crippen molar-refractivity contribution >= 4 is 0 Å². The van der Waals surface area contributed by atoms with Crippen LogP contribution in [0.15, 0.2) is 24.3 Å². The number of allylic oxidation sites excluding steroid dienone is 3. The molecule has 76 valence electrons. The second kappa shape index (κ2) is 6.94. The molecule has 0 rings (SSSR count). The van der Waals surface area contributed by atoms with Crippen molar-refractivity contribution in [3.8, 4) is 0 Å². The molecule has 0 radical (unpaired) electrons. The van der Waals surface area contributed by atoms with E-state index in [1.54, 1.807) is 0 Å². The molecule has 0 bridgehead atoms. The van der Waals surface area contributed by atoms with E-state index in [0.29, 0.717) is 0 Å². The van der Waals surface area contributed by atoms with E-state index in [1.807, 2.05) is 6.92 Å². The molecule has 0 saturated heterocycles. The third-order valence-corrected chi connectivity index (χ3v) is 2.38. The van der Waals surface area contributed by atoms with Crippen LogP contribution in [0.2, 0.25) is 0 Å². The Hall–Kier alpha value is -0.520. The Kier molecular flexibility index (Phi) is 6.66. The van der Waals surface area contributed by atoms with Crippen LogP contribution in [-0.4, -0.2) is 0 Å². The summed E-state index contributed by atoms with van der Waals surface area (Å²) in [5.41, 5.74) is 1.15. The molecule has 0 nitrogen and oxygen atoms in total. The standard InChI is InChI=1S/C13H24/c1-6-7-8-13(12(4)5)10-9-11(2)3/h9-10,12-13H,2,6-8H2,1,3-5H3/b10-9+. The van der Waals surface area contributed by atoms with Crippen molar-refractivity contribution in [1.82, 2.24) is 0 Å². The van der Waals surface area contributed by atoms with Gasteiger partial charge in [0.1, 0.15) is 0 Å². The van der Waals surface area contributed by atoms with Crippen molar-refractivity contribution in [1.29, 1.82) is 0 Å². The van der Waals surface area contributed by atoms with Gasteiger partial charge in [-0.1, -0.05) is 57.9 Å². The zero-order valence-electron chi connectivity index (χ0n) is 9.64. The monoisotopic (exact) mass is 180 g/mol. The molecule has 0 N–H and O–H groups in total. The molecule has 1 atom stereocenters. The van der Waals surface area contributed by atoms with Crippen molar-refractivity contribution in [2.24, 2.45) is 11.8 Å². The summed E-state index contributed by atoms with van der Waals surface area (Å²) in [5.74, 6) is 1.48. The van der Waals surface area contributed by atoms with Crippen LogP contribution in [0.3, 0.4) is 0 Å². The minimum Gasteiger partial charge on any atom is -0.0961 e. The first-order chi connectivity index (χ1) is 6.07. The van der Waals surface area contributed by atoms with Crippen molar-refractivity contribution < 1.29 is 0 Å². The molecule has 0 aliphatic carbocycles.